The Labute approximate surface area is 167 Å². The molecule has 0 spiro atoms. The van der Waals surface area contributed by atoms with E-state index in [0.717, 1.165) is 0 Å². The van der Waals surface area contributed by atoms with Crippen LogP contribution in [0.3, 0.4) is 0 Å². The first-order valence-corrected chi connectivity index (χ1v) is 9.15. The fourth-order valence-corrected chi connectivity index (χ4v) is 3.42. The summed E-state index contributed by atoms with van der Waals surface area (Å²) in [6.07, 6.45) is 8.79. The molecule has 1 N–H and O–H groups in total. The molecule has 150 valence electrons. The van der Waals surface area contributed by atoms with Crippen LogP contribution in [0.25, 0.3) is 0 Å². The highest BCUT2D eigenvalue weighted by atomic mass is 19.1. The predicted octanol–water partition coefficient (Wildman–Crippen LogP) is 1.00. The Hall–Kier alpha value is -3.47. The Balaban J connectivity index is 1.68. The number of aromatic nitrogens is 2. The Morgan fingerprint density at radius 2 is 2.21 bits per heavy atom. The third-order valence-electron chi connectivity index (χ3n) is 4.87. The van der Waals surface area contributed by atoms with E-state index in [2.05, 4.69) is 15.9 Å². The lowest BCUT2D eigenvalue weighted by Gasteiger charge is -2.28. The van der Waals surface area contributed by atoms with Gasteiger partial charge in [-0.15, -0.1) is 6.42 Å². The maximum absolute atomic E-state index is 14.1. The number of H-pyrrole nitrogens is 1. The maximum atomic E-state index is 14.1. The van der Waals surface area contributed by atoms with Gasteiger partial charge >= 0.3 is 0 Å². The molecule has 0 unspecified atom stereocenters. The molecule has 7 nitrogen and oxygen atoms in total. The van der Waals surface area contributed by atoms with E-state index in [1.165, 1.54) is 34.5 Å². The number of amides is 2. The van der Waals surface area contributed by atoms with Gasteiger partial charge in [-0.05, 0) is 11.6 Å². The lowest BCUT2D eigenvalue weighted by molar-refractivity contribution is -0.131. The van der Waals surface area contributed by atoms with Gasteiger partial charge in [-0.2, -0.15) is 0 Å². The lowest BCUT2D eigenvalue weighted by atomic mass is 10.1. The Bertz CT molecular complexity index is 993. The largest absolute Gasteiger partial charge is 0.340 e. The number of carbonyl (C=O) groups is 2. The second kappa shape index (κ2) is 8.69. The van der Waals surface area contributed by atoms with Gasteiger partial charge in [-0.3, -0.25) is 19.4 Å². The zero-order valence-corrected chi connectivity index (χ0v) is 16.0. The highest BCUT2D eigenvalue weighted by molar-refractivity contribution is 5.94. The number of terminal acetylenes is 1. The summed E-state index contributed by atoms with van der Waals surface area (Å²) in [4.78, 5) is 45.9. The molecule has 1 fully saturated rings. The van der Waals surface area contributed by atoms with Crippen molar-refractivity contribution in [3.05, 3.63) is 63.8 Å². The van der Waals surface area contributed by atoms with Gasteiger partial charge in [-0.1, -0.05) is 12.0 Å². The molecule has 2 aromatic heterocycles. The van der Waals surface area contributed by atoms with Crippen molar-refractivity contribution in [2.45, 2.75) is 25.1 Å². The van der Waals surface area contributed by atoms with Crippen LogP contribution in [0.5, 0.6) is 0 Å². The molecule has 1 aliphatic rings. The quantitative estimate of drug-likeness (QED) is 0.764. The minimum absolute atomic E-state index is 0.0109. The number of alkyl halides is 1. The molecule has 2 atom stereocenters. The van der Waals surface area contributed by atoms with Crippen molar-refractivity contribution in [2.75, 3.05) is 20.1 Å². The molecule has 8 heteroatoms. The average Bonchev–Trinajstić information content (AvgIpc) is 3.09. The van der Waals surface area contributed by atoms with Crippen LogP contribution in [0.1, 0.15) is 27.9 Å². The van der Waals surface area contributed by atoms with Gasteiger partial charge in [0.05, 0.1) is 24.6 Å². The van der Waals surface area contributed by atoms with Gasteiger partial charge in [0.25, 0.3) is 5.91 Å². The average molecular weight is 396 g/mol. The number of halogens is 1. The highest BCUT2D eigenvalue weighted by Gasteiger charge is 2.36. The number of likely N-dealkylation sites (tertiary alicyclic amines) is 1. The molecule has 2 aromatic rings. The van der Waals surface area contributed by atoms with E-state index < -0.39 is 12.2 Å². The number of carbonyl (C=O) groups excluding carboxylic acids is 2. The fourth-order valence-electron chi connectivity index (χ4n) is 3.42. The number of hydrogen-bond donors (Lipinski definition) is 1. The molecule has 0 aliphatic carbocycles. The summed E-state index contributed by atoms with van der Waals surface area (Å²) in [7, 11) is 1.60. The van der Waals surface area contributed by atoms with E-state index in [0.29, 0.717) is 16.7 Å². The van der Waals surface area contributed by atoms with Crippen LogP contribution in [0.4, 0.5) is 4.39 Å². The second-order valence-corrected chi connectivity index (χ2v) is 7.06. The summed E-state index contributed by atoms with van der Waals surface area (Å²) >= 11 is 0. The van der Waals surface area contributed by atoms with E-state index in [1.807, 2.05) is 0 Å². The molecule has 3 heterocycles. The number of nitrogens with one attached hydrogen (secondary N) is 1. The van der Waals surface area contributed by atoms with Gasteiger partial charge < -0.3 is 14.8 Å². The number of rotatable bonds is 5. The highest BCUT2D eigenvalue weighted by Crippen LogP contribution is 2.23. The fraction of sp³-hybridized carbons (Fsp3) is 0.333. The first-order valence-electron chi connectivity index (χ1n) is 9.15. The van der Waals surface area contributed by atoms with Gasteiger partial charge in [0.2, 0.25) is 11.5 Å². The number of hydrogen-bond acceptors (Lipinski definition) is 4. The zero-order valence-electron chi connectivity index (χ0n) is 16.0. The number of nitrogens with zero attached hydrogens (tertiary/aromatic N) is 3. The summed E-state index contributed by atoms with van der Waals surface area (Å²) in [5.41, 5.74) is 1.21. The van der Waals surface area contributed by atoms with E-state index in [4.69, 9.17) is 6.42 Å². The normalized spacial score (nSPS) is 18.3. The van der Waals surface area contributed by atoms with Crippen LogP contribution in [-0.4, -0.2) is 63.9 Å². The molecule has 0 bridgehead atoms. The SMILES string of the molecule is C#Cc1cncc(C(=O)N(C)C[C@@H]2C[C@H](F)CN2C(=O)Cc2ccc(=O)[nH]c2)c1. The van der Waals surface area contributed by atoms with E-state index in [9.17, 15) is 18.8 Å². The van der Waals surface area contributed by atoms with Crippen LogP contribution < -0.4 is 5.56 Å². The predicted molar refractivity (Wildman–Crippen MR) is 105 cm³/mol. The molecule has 0 saturated carbocycles. The Morgan fingerprint density at radius 1 is 1.41 bits per heavy atom. The van der Waals surface area contributed by atoms with E-state index in [1.54, 1.807) is 19.2 Å². The summed E-state index contributed by atoms with van der Waals surface area (Å²) in [6, 6.07) is 4.04. The van der Waals surface area contributed by atoms with Crippen LogP contribution in [0.2, 0.25) is 0 Å². The molecule has 29 heavy (non-hydrogen) atoms. The van der Waals surface area contributed by atoms with Crippen LogP contribution in [0.15, 0.2) is 41.6 Å². The molecular weight excluding hydrogens is 375 g/mol. The van der Waals surface area contributed by atoms with Crippen molar-refractivity contribution < 1.29 is 14.0 Å². The minimum atomic E-state index is -1.14. The first-order chi connectivity index (χ1) is 13.9. The third-order valence-corrected chi connectivity index (χ3v) is 4.87. The van der Waals surface area contributed by atoms with Gasteiger partial charge in [0, 0.05) is 50.2 Å². The maximum Gasteiger partial charge on any atom is 0.255 e. The van der Waals surface area contributed by atoms with Crippen LogP contribution in [0, 0.1) is 12.3 Å². The zero-order chi connectivity index (χ0) is 21.0. The minimum Gasteiger partial charge on any atom is -0.340 e. The molecule has 0 radical (unpaired) electrons. The number of aromatic amines is 1. The van der Waals surface area contributed by atoms with Crippen LogP contribution in [-0.2, 0) is 11.2 Å². The number of likely N-dealkylation sites (N-methyl/N-ethyl adjacent to an activating group) is 1. The van der Waals surface area contributed by atoms with E-state index in [-0.39, 0.29) is 43.3 Å². The molecule has 0 aromatic carbocycles. The molecule has 1 aliphatic heterocycles. The summed E-state index contributed by atoms with van der Waals surface area (Å²) in [6.45, 7) is 0.180. The van der Waals surface area contributed by atoms with Crippen molar-refractivity contribution in [3.8, 4) is 12.3 Å². The number of pyridine rings is 2. The van der Waals surface area contributed by atoms with Gasteiger partial charge in [-0.25, -0.2) is 4.39 Å². The molecule has 3 rings (SSSR count). The standard InChI is InChI=1S/C21H21FN4O3/c1-3-14-6-16(11-23-9-14)21(29)25(2)13-18-8-17(22)12-26(18)20(28)7-15-4-5-19(27)24-10-15/h1,4-6,9-11,17-18H,7-8,12-13H2,2H3,(H,24,27)/t17-,18-/m0/s1. The lowest BCUT2D eigenvalue weighted by Crippen LogP contribution is -2.44. The summed E-state index contributed by atoms with van der Waals surface area (Å²) < 4.78 is 14.1. The Morgan fingerprint density at radius 3 is 2.90 bits per heavy atom. The topological polar surface area (TPSA) is 86.4 Å². The summed E-state index contributed by atoms with van der Waals surface area (Å²) in [5.74, 6) is 1.88. The van der Waals surface area contributed by atoms with Crippen LogP contribution >= 0.6 is 0 Å². The first kappa shape index (κ1) is 20.3. The Kier molecular flexibility index (Phi) is 6.07. The van der Waals surface area contributed by atoms with Crippen molar-refractivity contribution in [3.63, 3.8) is 0 Å². The second-order valence-electron chi connectivity index (χ2n) is 7.06. The van der Waals surface area contributed by atoms with Gasteiger partial charge in [0.15, 0.2) is 0 Å². The molecular formula is C21H21FN4O3. The van der Waals surface area contributed by atoms with Crippen molar-refractivity contribution in [2.24, 2.45) is 0 Å². The molecule has 2 amide bonds. The van der Waals surface area contributed by atoms with Crippen molar-refractivity contribution in [1.82, 2.24) is 19.8 Å². The summed E-state index contributed by atoms with van der Waals surface area (Å²) in [5, 5.41) is 0. The van der Waals surface area contributed by atoms with Gasteiger partial charge in [0.1, 0.15) is 6.17 Å². The van der Waals surface area contributed by atoms with E-state index >= 15 is 0 Å². The monoisotopic (exact) mass is 396 g/mol. The van der Waals surface area contributed by atoms with Crippen molar-refractivity contribution in [1.29, 1.82) is 0 Å². The third kappa shape index (κ3) is 4.88. The van der Waals surface area contributed by atoms with Crippen molar-refractivity contribution >= 4 is 11.8 Å². The smallest absolute Gasteiger partial charge is 0.255 e. The molecule has 1 saturated heterocycles.